The zero-order chi connectivity index (χ0) is 30.0. The average molecular weight is 577 g/mol. The van der Waals surface area contributed by atoms with Gasteiger partial charge in [-0.1, -0.05) is 0 Å². The second kappa shape index (κ2) is 10.5. The van der Waals surface area contributed by atoms with Gasteiger partial charge in [-0.2, -0.15) is 21.5 Å². The summed E-state index contributed by atoms with van der Waals surface area (Å²) in [6.07, 6.45) is 2.88. The van der Waals surface area contributed by atoms with Gasteiger partial charge < -0.3 is 19.1 Å². The lowest BCUT2D eigenvalue weighted by Gasteiger charge is -2.40. The highest BCUT2D eigenvalue weighted by molar-refractivity contribution is 7.08. The van der Waals surface area contributed by atoms with Crippen LogP contribution < -0.4 is 9.47 Å². The second-order valence-corrected chi connectivity index (χ2v) is 13.8. The lowest BCUT2D eigenvalue weighted by molar-refractivity contribution is 0.0636. The molecule has 1 atom stereocenters. The fourth-order valence-electron chi connectivity index (χ4n) is 5.92. The van der Waals surface area contributed by atoms with Gasteiger partial charge in [-0.3, -0.25) is 9.48 Å². The summed E-state index contributed by atoms with van der Waals surface area (Å²) in [6.45, 7) is 3.42. The Labute approximate surface area is 255 Å². The summed E-state index contributed by atoms with van der Waals surface area (Å²) in [7, 11) is 14.3. The molecule has 210 valence electrons. The van der Waals surface area contributed by atoms with Crippen molar-refractivity contribution < 1.29 is 19.0 Å². The Hall–Kier alpha value is -3.24. The number of carbonyl (C=O) groups is 1. The van der Waals surface area contributed by atoms with Crippen LogP contribution in [0.25, 0.3) is 28.1 Å². The van der Waals surface area contributed by atoms with E-state index in [0.29, 0.717) is 30.4 Å². The summed E-state index contributed by atoms with van der Waals surface area (Å²) in [6, 6.07) is 6.05. The van der Waals surface area contributed by atoms with Crippen LogP contribution >= 0.6 is 11.3 Å². The van der Waals surface area contributed by atoms with Crippen molar-refractivity contribution in [3.8, 4) is 39.6 Å². The number of fused-ring (bicyclic) bond motifs is 3. The first-order chi connectivity index (χ1) is 19.9. The topological polar surface area (TPSA) is 83.6 Å². The van der Waals surface area contributed by atoms with Gasteiger partial charge in [0.25, 0.3) is 5.91 Å². The Morgan fingerprint density at radius 2 is 1.93 bits per heavy atom. The minimum absolute atomic E-state index is 0.00515. The third-order valence-electron chi connectivity index (χ3n) is 7.95. The molecule has 16 heteroatoms. The minimum atomic E-state index is -0.410. The Morgan fingerprint density at radius 1 is 1.14 bits per heavy atom. The number of benzene rings is 1. The van der Waals surface area contributed by atoms with Crippen LogP contribution in [0.3, 0.4) is 0 Å². The van der Waals surface area contributed by atoms with Crippen molar-refractivity contribution >= 4 is 64.3 Å². The number of ether oxygens (including phenoxy) is 3. The summed E-state index contributed by atoms with van der Waals surface area (Å²) in [4.78, 5) is 16.3. The summed E-state index contributed by atoms with van der Waals surface area (Å²) in [5.41, 5.74) is 6.62. The van der Waals surface area contributed by atoms with Gasteiger partial charge in [0, 0.05) is 46.5 Å². The minimum Gasteiger partial charge on any atom is -0.496 e. The fourth-order valence-corrected chi connectivity index (χ4v) is 6.54. The molecule has 1 saturated heterocycles. The number of rotatable bonds is 7. The van der Waals surface area contributed by atoms with E-state index in [4.69, 9.17) is 24.4 Å². The van der Waals surface area contributed by atoms with Crippen molar-refractivity contribution in [2.24, 2.45) is 0 Å². The molecular formula is C26H33B6N5O4S. The zero-order valence-electron chi connectivity index (χ0n) is 25.6. The molecular weight excluding hydrogens is 543 g/mol. The van der Waals surface area contributed by atoms with E-state index >= 15 is 0 Å². The van der Waals surface area contributed by atoms with E-state index in [-0.39, 0.29) is 23.8 Å². The molecule has 0 N–H and O–H groups in total. The monoisotopic (exact) mass is 577 g/mol. The molecule has 0 radical (unpaired) electrons. The lowest BCUT2D eigenvalue weighted by Crippen LogP contribution is -2.58. The van der Waals surface area contributed by atoms with Crippen LogP contribution in [-0.4, -0.2) is 109 Å². The number of carbonyl (C=O) groups excluding carboxylic acids is 1. The summed E-state index contributed by atoms with van der Waals surface area (Å²) < 4.78 is 21.8. The van der Waals surface area contributed by atoms with Crippen molar-refractivity contribution in [1.82, 2.24) is 24.5 Å². The normalized spacial score (nSPS) is 16.5. The van der Waals surface area contributed by atoms with E-state index in [9.17, 15) is 4.79 Å². The van der Waals surface area contributed by atoms with Crippen LogP contribution in [0.1, 0.15) is 28.2 Å². The molecule has 2 aliphatic heterocycles. The van der Waals surface area contributed by atoms with Crippen molar-refractivity contribution in [1.29, 1.82) is 0 Å². The first kappa shape index (κ1) is 28.9. The Bertz CT molecular complexity index is 1650. The molecule has 5 heterocycles. The van der Waals surface area contributed by atoms with Gasteiger partial charge in [0.15, 0.2) is 5.69 Å². The predicted octanol–water partition coefficient (Wildman–Crippen LogP) is -2.12. The van der Waals surface area contributed by atoms with E-state index in [1.807, 2.05) is 44.1 Å². The van der Waals surface area contributed by atoms with Crippen LogP contribution in [-0.2, 0) is 16.6 Å². The molecule has 2 aliphatic rings. The zero-order valence-corrected chi connectivity index (χ0v) is 26.5. The molecule has 3 aromatic heterocycles. The maximum Gasteiger partial charge on any atom is 0.273 e. The molecule has 0 bridgehead atoms. The number of hydrogen-bond donors (Lipinski definition) is 0. The van der Waals surface area contributed by atoms with Crippen LogP contribution in [0.5, 0.6) is 11.5 Å². The SMILES string of the molecule is BC(B)(B)N(C(=O)c1nn(-c2ccsc2)c2c1COc1cc(OC)c(-c3cn(C(B)(B)B)nc3C)cc1-2)C1CCOC1. The molecule has 42 heavy (non-hydrogen) atoms. The lowest BCUT2D eigenvalue weighted by atomic mass is 9.48. The predicted molar refractivity (Wildman–Crippen MR) is 181 cm³/mol. The fraction of sp³-hybridized carbons (Fsp3) is 0.346. The average Bonchev–Trinajstić information content (AvgIpc) is 3.73. The number of hydrogen-bond acceptors (Lipinski definition) is 7. The van der Waals surface area contributed by atoms with Gasteiger partial charge in [0.05, 0.1) is 36.8 Å². The second-order valence-electron chi connectivity index (χ2n) is 13.0. The maximum atomic E-state index is 14.4. The van der Waals surface area contributed by atoms with E-state index in [2.05, 4.69) is 59.3 Å². The van der Waals surface area contributed by atoms with E-state index in [0.717, 1.165) is 45.7 Å². The highest BCUT2D eigenvalue weighted by Crippen LogP contribution is 2.47. The Kier molecular flexibility index (Phi) is 7.20. The molecule has 1 fully saturated rings. The third kappa shape index (κ3) is 4.92. The molecule has 0 spiro atoms. The van der Waals surface area contributed by atoms with Crippen molar-refractivity contribution in [2.45, 2.75) is 36.5 Å². The number of methoxy groups -OCH3 is 1. The number of aryl methyl sites for hydroxylation is 1. The van der Waals surface area contributed by atoms with E-state index < -0.39 is 5.24 Å². The third-order valence-corrected chi connectivity index (χ3v) is 8.63. The summed E-state index contributed by atoms with van der Waals surface area (Å²) in [5.74, 6) is 1.29. The molecule has 0 aliphatic carbocycles. The van der Waals surface area contributed by atoms with Crippen molar-refractivity contribution in [3.05, 3.63) is 52.1 Å². The van der Waals surface area contributed by atoms with E-state index in [1.54, 1.807) is 18.4 Å². The summed E-state index contributed by atoms with van der Waals surface area (Å²) >= 11 is 1.59. The molecule has 1 unspecified atom stereocenters. The number of aromatic nitrogens is 4. The largest absolute Gasteiger partial charge is 0.496 e. The van der Waals surface area contributed by atoms with Crippen LogP contribution in [0, 0.1) is 6.92 Å². The maximum absolute atomic E-state index is 14.4. The van der Waals surface area contributed by atoms with Gasteiger partial charge in [0.1, 0.15) is 65.2 Å². The Morgan fingerprint density at radius 3 is 2.52 bits per heavy atom. The van der Waals surface area contributed by atoms with Gasteiger partial charge in [-0.25, -0.2) is 4.68 Å². The van der Waals surface area contributed by atoms with Gasteiger partial charge in [-0.05, 0) is 41.3 Å². The number of thiophene rings is 1. The summed E-state index contributed by atoms with van der Waals surface area (Å²) in [5, 5.41) is 13.3. The van der Waals surface area contributed by atoms with Crippen molar-refractivity contribution in [2.75, 3.05) is 20.3 Å². The van der Waals surface area contributed by atoms with Crippen LogP contribution in [0.2, 0.25) is 0 Å². The standard InChI is InChI=1S/C26H33B6N5O4S/c1-13-18(9-35(33-13)25(27,28)29)16-7-17-21(8-20(16)39-2)41-11-19-22(34-37(23(17)19)15-4-6-42-12-15)24(38)36(26(30,31)32)14-3-5-40-10-14/h4,6-9,12,14H,3,5,10-11,27-32H2,1-2H3. The highest BCUT2D eigenvalue weighted by Gasteiger charge is 2.40. The first-order valence-electron chi connectivity index (χ1n) is 14.4. The molecule has 1 aromatic carbocycles. The highest BCUT2D eigenvalue weighted by atomic mass is 32.1. The van der Waals surface area contributed by atoms with Gasteiger partial charge in [-0.15, -0.1) is 0 Å². The molecule has 6 rings (SSSR count). The first-order valence-corrected chi connectivity index (χ1v) is 15.3. The number of amides is 1. The number of nitrogens with zero attached hydrogens (tertiary/aromatic N) is 5. The van der Waals surface area contributed by atoms with Crippen molar-refractivity contribution in [3.63, 3.8) is 0 Å². The van der Waals surface area contributed by atoms with Gasteiger partial charge >= 0.3 is 0 Å². The van der Waals surface area contributed by atoms with Gasteiger partial charge in [0.2, 0.25) is 0 Å². The van der Waals surface area contributed by atoms with Crippen LogP contribution in [0.15, 0.2) is 35.2 Å². The van der Waals surface area contributed by atoms with Crippen LogP contribution in [0.4, 0.5) is 0 Å². The molecule has 9 nitrogen and oxygen atoms in total. The molecule has 0 saturated carbocycles. The molecule has 1 amide bonds. The molecule has 4 aromatic rings. The Balaban J connectivity index is 1.55. The quantitative estimate of drug-likeness (QED) is 0.234. The smallest absolute Gasteiger partial charge is 0.273 e. The van der Waals surface area contributed by atoms with E-state index in [1.165, 1.54) is 0 Å².